The first kappa shape index (κ1) is 19.9. The first-order chi connectivity index (χ1) is 12.8. The van der Waals surface area contributed by atoms with Crippen molar-refractivity contribution >= 4 is 27.5 Å². The van der Waals surface area contributed by atoms with Crippen LogP contribution in [0.5, 0.6) is 0 Å². The van der Waals surface area contributed by atoms with E-state index in [9.17, 15) is 13.2 Å². The number of aryl methyl sites for hydroxylation is 2. The molecule has 27 heavy (non-hydrogen) atoms. The van der Waals surface area contributed by atoms with Gasteiger partial charge in [-0.05, 0) is 39.3 Å². The van der Waals surface area contributed by atoms with Crippen LogP contribution in [0.4, 0.5) is 0 Å². The van der Waals surface area contributed by atoms with Crippen molar-refractivity contribution in [1.82, 2.24) is 10.1 Å². The molecule has 0 saturated carbocycles. The second-order valence-corrected chi connectivity index (χ2v) is 9.98. The number of carbonyl (C=O) groups excluding carboxylic acids is 1. The Balaban J connectivity index is 1.81. The van der Waals surface area contributed by atoms with Crippen LogP contribution < -0.4 is 0 Å². The Morgan fingerprint density at radius 1 is 1.33 bits per heavy atom. The summed E-state index contributed by atoms with van der Waals surface area (Å²) in [5.74, 6) is 1.55. The number of aromatic nitrogens is 1. The number of nitrogens with zero attached hydrogens (tertiary/aromatic N) is 2. The zero-order valence-electron chi connectivity index (χ0n) is 15.8. The van der Waals surface area contributed by atoms with Gasteiger partial charge in [-0.1, -0.05) is 17.3 Å². The zero-order chi connectivity index (χ0) is 19.6. The van der Waals surface area contributed by atoms with Gasteiger partial charge in [0.25, 0.3) is 5.91 Å². The van der Waals surface area contributed by atoms with E-state index < -0.39 is 9.84 Å². The molecular formula is C19H24N2O4S2. The minimum absolute atomic E-state index is 0.0565. The minimum atomic E-state index is -3.04. The van der Waals surface area contributed by atoms with E-state index in [4.69, 9.17) is 4.52 Å². The summed E-state index contributed by atoms with van der Waals surface area (Å²) >= 11 is 1.57. The van der Waals surface area contributed by atoms with Gasteiger partial charge < -0.3 is 9.42 Å². The van der Waals surface area contributed by atoms with Crippen molar-refractivity contribution in [3.8, 4) is 0 Å². The number of rotatable bonds is 6. The summed E-state index contributed by atoms with van der Waals surface area (Å²) in [6, 6.07) is 7.24. The van der Waals surface area contributed by atoms with Crippen LogP contribution in [0.15, 0.2) is 33.7 Å². The second-order valence-electron chi connectivity index (χ2n) is 6.74. The van der Waals surface area contributed by atoms with Gasteiger partial charge in [0.05, 0.1) is 22.8 Å². The first-order valence-corrected chi connectivity index (χ1v) is 11.8. The van der Waals surface area contributed by atoms with Crippen molar-refractivity contribution in [2.75, 3.05) is 18.1 Å². The largest absolute Gasteiger partial charge is 0.361 e. The molecule has 8 heteroatoms. The summed E-state index contributed by atoms with van der Waals surface area (Å²) in [5.41, 5.74) is 2.51. The van der Waals surface area contributed by atoms with Gasteiger partial charge in [-0.2, -0.15) is 0 Å². The van der Waals surface area contributed by atoms with Gasteiger partial charge in [0.15, 0.2) is 9.84 Å². The number of sulfone groups is 1. The molecule has 0 N–H and O–H groups in total. The third-order valence-corrected chi connectivity index (χ3v) is 7.77. The maximum Gasteiger partial charge on any atom is 0.255 e. The molecule has 1 aliphatic rings. The Labute approximate surface area is 164 Å². The molecule has 0 spiro atoms. The zero-order valence-corrected chi connectivity index (χ0v) is 17.4. The van der Waals surface area contributed by atoms with Crippen LogP contribution in [0.25, 0.3) is 0 Å². The molecule has 0 unspecified atom stereocenters. The van der Waals surface area contributed by atoms with E-state index in [0.29, 0.717) is 24.3 Å². The van der Waals surface area contributed by atoms with E-state index in [1.807, 2.05) is 45.0 Å². The Bertz CT molecular complexity index is 917. The molecule has 2 aromatic rings. The van der Waals surface area contributed by atoms with Gasteiger partial charge in [0.1, 0.15) is 5.76 Å². The van der Waals surface area contributed by atoms with Crippen LogP contribution in [-0.2, 0) is 15.6 Å². The maximum atomic E-state index is 13.2. The van der Waals surface area contributed by atoms with E-state index in [-0.39, 0.29) is 23.5 Å². The number of thioether (sulfide) groups is 1. The van der Waals surface area contributed by atoms with Crippen molar-refractivity contribution in [2.24, 2.45) is 0 Å². The molecule has 1 amide bonds. The lowest BCUT2D eigenvalue weighted by molar-refractivity contribution is 0.0705. The molecule has 1 fully saturated rings. The lowest BCUT2D eigenvalue weighted by Crippen LogP contribution is -2.41. The van der Waals surface area contributed by atoms with Crippen molar-refractivity contribution in [1.29, 1.82) is 0 Å². The molecule has 0 bridgehead atoms. The van der Waals surface area contributed by atoms with E-state index in [0.717, 1.165) is 21.9 Å². The van der Waals surface area contributed by atoms with E-state index >= 15 is 0 Å². The molecule has 146 valence electrons. The van der Waals surface area contributed by atoms with Crippen LogP contribution in [0, 0.1) is 13.8 Å². The van der Waals surface area contributed by atoms with Crippen molar-refractivity contribution in [3.63, 3.8) is 0 Å². The molecule has 1 atom stereocenters. The third-order valence-electron chi connectivity index (χ3n) is 4.92. The van der Waals surface area contributed by atoms with Gasteiger partial charge in [0.2, 0.25) is 0 Å². The summed E-state index contributed by atoms with van der Waals surface area (Å²) < 4.78 is 28.9. The highest BCUT2D eigenvalue weighted by molar-refractivity contribution is 7.98. The number of hydrogen-bond donors (Lipinski definition) is 0. The van der Waals surface area contributed by atoms with Crippen molar-refractivity contribution < 1.29 is 17.7 Å². The number of carbonyl (C=O) groups is 1. The standard InChI is InChI=1S/C19H24N2O4S2/c1-4-21(15-9-10-27(23,24)12-15)19(22)16-7-5-6-8-18(16)26-11-17-13(2)20-25-14(17)3/h5-8,15H,4,9-12H2,1-3H3/t15-/m0/s1. The van der Waals surface area contributed by atoms with Gasteiger partial charge in [-0.15, -0.1) is 11.8 Å². The Kier molecular flexibility index (Phi) is 5.95. The minimum Gasteiger partial charge on any atom is -0.361 e. The molecule has 0 radical (unpaired) electrons. The topological polar surface area (TPSA) is 80.5 Å². The van der Waals surface area contributed by atoms with Gasteiger partial charge in [-0.3, -0.25) is 4.79 Å². The van der Waals surface area contributed by atoms with Crippen LogP contribution in [0.1, 0.15) is 40.7 Å². The summed E-state index contributed by atoms with van der Waals surface area (Å²) in [5, 5.41) is 3.97. The fourth-order valence-corrected chi connectivity index (χ4v) is 6.30. The van der Waals surface area contributed by atoms with Crippen molar-refractivity contribution in [2.45, 2.75) is 43.9 Å². The molecule has 1 aliphatic heterocycles. The Morgan fingerprint density at radius 2 is 2.07 bits per heavy atom. The fraction of sp³-hybridized carbons (Fsp3) is 0.474. The summed E-state index contributed by atoms with van der Waals surface area (Å²) in [6.45, 7) is 6.17. The Morgan fingerprint density at radius 3 is 2.67 bits per heavy atom. The second kappa shape index (κ2) is 8.06. The highest BCUT2D eigenvalue weighted by atomic mass is 32.2. The average Bonchev–Trinajstić information content (AvgIpc) is 3.15. The monoisotopic (exact) mass is 408 g/mol. The third kappa shape index (κ3) is 4.38. The summed E-state index contributed by atoms with van der Waals surface area (Å²) in [7, 11) is -3.04. The van der Waals surface area contributed by atoms with E-state index in [1.165, 1.54) is 0 Å². The van der Waals surface area contributed by atoms with Crippen LogP contribution in [0.3, 0.4) is 0 Å². The fourth-order valence-electron chi connectivity index (χ4n) is 3.37. The predicted molar refractivity (Wildman–Crippen MR) is 106 cm³/mol. The van der Waals surface area contributed by atoms with Gasteiger partial charge >= 0.3 is 0 Å². The van der Waals surface area contributed by atoms with Crippen LogP contribution >= 0.6 is 11.8 Å². The van der Waals surface area contributed by atoms with E-state index in [2.05, 4.69) is 5.16 Å². The lowest BCUT2D eigenvalue weighted by Gasteiger charge is -2.27. The predicted octanol–water partition coefficient (Wildman–Crippen LogP) is 3.23. The number of benzene rings is 1. The molecule has 1 saturated heterocycles. The van der Waals surface area contributed by atoms with Crippen LogP contribution in [-0.4, -0.2) is 48.5 Å². The van der Waals surface area contributed by atoms with Gasteiger partial charge in [-0.25, -0.2) is 8.42 Å². The molecule has 6 nitrogen and oxygen atoms in total. The summed E-state index contributed by atoms with van der Waals surface area (Å²) in [6.07, 6.45) is 0.510. The average molecular weight is 409 g/mol. The molecule has 0 aliphatic carbocycles. The highest BCUT2D eigenvalue weighted by Crippen LogP contribution is 2.30. The number of amides is 1. The quantitative estimate of drug-likeness (QED) is 0.683. The Hall–Kier alpha value is -1.80. The number of hydrogen-bond acceptors (Lipinski definition) is 6. The first-order valence-electron chi connectivity index (χ1n) is 8.97. The van der Waals surface area contributed by atoms with E-state index in [1.54, 1.807) is 16.7 Å². The smallest absolute Gasteiger partial charge is 0.255 e. The van der Waals surface area contributed by atoms with Crippen molar-refractivity contribution in [3.05, 3.63) is 46.8 Å². The summed E-state index contributed by atoms with van der Waals surface area (Å²) in [4.78, 5) is 15.7. The highest BCUT2D eigenvalue weighted by Gasteiger charge is 2.34. The molecule has 3 rings (SSSR count). The molecule has 1 aromatic carbocycles. The molecular weight excluding hydrogens is 384 g/mol. The molecule has 2 heterocycles. The van der Waals surface area contributed by atoms with Crippen LogP contribution in [0.2, 0.25) is 0 Å². The normalized spacial score (nSPS) is 18.6. The lowest BCUT2D eigenvalue weighted by atomic mass is 10.1. The van der Waals surface area contributed by atoms with Gasteiger partial charge in [0, 0.05) is 28.8 Å². The SMILES string of the molecule is CCN(C(=O)c1ccccc1SCc1c(C)noc1C)[C@H]1CCS(=O)(=O)C1. The molecule has 1 aromatic heterocycles. The maximum absolute atomic E-state index is 13.2.